The molecule has 0 aliphatic carbocycles. The molecule has 1 unspecified atom stereocenters. The van der Waals surface area contributed by atoms with Gasteiger partial charge in [0, 0.05) is 21.8 Å². The lowest BCUT2D eigenvalue weighted by Crippen LogP contribution is -2.37. The van der Waals surface area contributed by atoms with Gasteiger partial charge in [-0.2, -0.15) is 11.8 Å². The molecular formula is C15H23BrFNS. The summed E-state index contributed by atoms with van der Waals surface area (Å²) in [7, 11) is 0. The minimum absolute atomic E-state index is 0.205. The first-order valence-electron chi connectivity index (χ1n) is 6.71. The zero-order valence-electron chi connectivity index (χ0n) is 12.1. The third-order valence-electron chi connectivity index (χ3n) is 3.88. The van der Waals surface area contributed by atoms with Gasteiger partial charge < -0.3 is 5.32 Å². The topological polar surface area (TPSA) is 12.0 Å². The van der Waals surface area contributed by atoms with Crippen LogP contribution in [0.2, 0.25) is 0 Å². The highest BCUT2D eigenvalue weighted by Crippen LogP contribution is 2.31. The van der Waals surface area contributed by atoms with Gasteiger partial charge in [0.15, 0.2) is 0 Å². The molecule has 0 aliphatic heterocycles. The highest BCUT2D eigenvalue weighted by atomic mass is 79.9. The van der Waals surface area contributed by atoms with Crippen LogP contribution in [0.1, 0.15) is 45.2 Å². The summed E-state index contributed by atoms with van der Waals surface area (Å²) >= 11 is 5.36. The zero-order valence-corrected chi connectivity index (χ0v) is 14.5. The molecule has 0 saturated heterocycles. The first-order chi connectivity index (χ1) is 8.98. The molecule has 1 aromatic carbocycles. The van der Waals surface area contributed by atoms with Crippen molar-refractivity contribution in [2.24, 2.45) is 0 Å². The summed E-state index contributed by atoms with van der Waals surface area (Å²) in [4.78, 5) is 0. The number of thioether (sulfide) groups is 1. The van der Waals surface area contributed by atoms with Crippen molar-refractivity contribution in [3.63, 3.8) is 0 Å². The van der Waals surface area contributed by atoms with Crippen LogP contribution in [0.25, 0.3) is 0 Å². The number of halogens is 2. The summed E-state index contributed by atoms with van der Waals surface area (Å²) in [5, 5.41) is 3.58. The summed E-state index contributed by atoms with van der Waals surface area (Å²) in [6, 6.07) is 5.09. The van der Waals surface area contributed by atoms with Gasteiger partial charge in [-0.25, -0.2) is 4.39 Å². The number of hydrogen-bond donors (Lipinski definition) is 1. The average Bonchev–Trinajstić information content (AvgIpc) is 2.40. The summed E-state index contributed by atoms with van der Waals surface area (Å²) in [5.41, 5.74) is 1.10. The van der Waals surface area contributed by atoms with E-state index in [0.29, 0.717) is 4.75 Å². The van der Waals surface area contributed by atoms with E-state index in [2.05, 4.69) is 48.3 Å². The Hall–Kier alpha value is -0.0600. The lowest BCUT2D eigenvalue weighted by atomic mass is 10.0. The van der Waals surface area contributed by atoms with Crippen LogP contribution in [0.15, 0.2) is 22.7 Å². The van der Waals surface area contributed by atoms with Crippen molar-refractivity contribution in [1.29, 1.82) is 0 Å². The fourth-order valence-corrected chi connectivity index (χ4v) is 3.66. The van der Waals surface area contributed by atoms with Gasteiger partial charge in [0.1, 0.15) is 5.82 Å². The second-order valence-electron chi connectivity index (χ2n) is 4.86. The molecule has 0 spiro atoms. The number of nitrogens with one attached hydrogen (secondary N) is 1. The molecule has 0 aliphatic rings. The van der Waals surface area contributed by atoms with Crippen molar-refractivity contribution < 1.29 is 4.39 Å². The Bertz CT molecular complexity index is 399. The van der Waals surface area contributed by atoms with E-state index < -0.39 is 0 Å². The summed E-state index contributed by atoms with van der Waals surface area (Å²) in [5.74, 6) is -0.205. The average molecular weight is 348 g/mol. The van der Waals surface area contributed by atoms with E-state index in [1.54, 1.807) is 0 Å². The van der Waals surface area contributed by atoms with Gasteiger partial charge in [-0.15, -0.1) is 0 Å². The molecule has 0 aromatic heterocycles. The third-order valence-corrected chi connectivity index (χ3v) is 6.16. The van der Waals surface area contributed by atoms with Crippen LogP contribution in [-0.2, 0) is 0 Å². The summed E-state index contributed by atoms with van der Waals surface area (Å²) < 4.78 is 14.2. The fourth-order valence-electron chi connectivity index (χ4n) is 2.16. The van der Waals surface area contributed by atoms with Crippen LogP contribution in [0.5, 0.6) is 0 Å². The predicted molar refractivity (Wildman–Crippen MR) is 87.3 cm³/mol. The second-order valence-corrected chi connectivity index (χ2v) is 6.99. The standard InChI is InChI=1S/C15H23BrFNS/c1-5-15(6-2,19-4)10-18-11(3)13-8-7-12(17)9-14(13)16/h7-9,11,18H,5-6,10H2,1-4H3. The van der Waals surface area contributed by atoms with Crippen LogP contribution in [0.3, 0.4) is 0 Å². The fraction of sp³-hybridized carbons (Fsp3) is 0.600. The Morgan fingerprint density at radius 3 is 2.47 bits per heavy atom. The minimum Gasteiger partial charge on any atom is -0.309 e. The van der Waals surface area contributed by atoms with Crippen molar-refractivity contribution in [1.82, 2.24) is 5.32 Å². The smallest absolute Gasteiger partial charge is 0.124 e. The SMILES string of the molecule is CCC(CC)(CNC(C)c1ccc(F)cc1Br)SC. The minimum atomic E-state index is -0.205. The molecule has 0 heterocycles. The van der Waals surface area contributed by atoms with E-state index in [0.717, 1.165) is 29.4 Å². The van der Waals surface area contributed by atoms with Crippen LogP contribution in [0, 0.1) is 5.82 Å². The van der Waals surface area contributed by atoms with Crippen molar-refractivity contribution in [2.45, 2.75) is 44.4 Å². The lowest BCUT2D eigenvalue weighted by Gasteiger charge is -2.31. The van der Waals surface area contributed by atoms with Crippen molar-refractivity contribution in [3.8, 4) is 0 Å². The Labute approximate surface area is 128 Å². The van der Waals surface area contributed by atoms with Crippen molar-refractivity contribution in [3.05, 3.63) is 34.1 Å². The van der Waals surface area contributed by atoms with Gasteiger partial charge in [0.2, 0.25) is 0 Å². The highest BCUT2D eigenvalue weighted by Gasteiger charge is 2.25. The Balaban J connectivity index is 2.72. The predicted octanol–water partition coefficient (Wildman–Crippen LogP) is 5.16. The Morgan fingerprint density at radius 2 is 2.00 bits per heavy atom. The summed E-state index contributed by atoms with van der Waals surface area (Å²) in [6.45, 7) is 7.56. The molecule has 19 heavy (non-hydrogen) atoms. The van der Waals surface area contributed by atoms with Gasteiger partial charge >= 0.3 is 0 Å². The van der Waals surface area contributed by atoms with Gasteiger partial charge in [0.05, 0.1) is 0 Å². The van der Waals surface area contributed by atoms with Gasteiger partial charge in [0.25, 0.3) is 0 Å². The highest BCUT2D eigenvalue weighted by molar-refractivity contribution is 9.10. The van der Waals surface area contributed by atoms with Crippen LogP contribution >= 0.6 is 27.7 Å². The Kier molecular flexibility index (Phi) is 6.84. The number of rotatable bonds is 7. The quantitative estimate of drug-likeness (QED) is 0.730. The molecule has 1 aromatic rings. The van der Waals surface area contributed by atoms with E-state index >= 15 is 0 Å². The first-order valence-corrected chi connectivity index (χ1v) is 8.73. The third kappa shape index (κ3) is 4.47. The maximum Gasteiger partial charge on any atom is 0.124 e. The van der Waals surface area contributed by atoms with E-state index in [1.165, 1.54) is 12.1 Å². The lowest BCUT2D eigenvalue weighted by molar-refractivity contribution is 0.459. The van der Waals surface area contributed by atoms with Crippen LogP contribution in [-0.4, -0.2) is 17.5 Å². The molecule has 0 radical (unpaired) electrons. The molecule has 0 bridgehead atoms. The monoisotopic (exact) mass is 347 g/mol. The molecule has 0 fully saturated rings. The van der Waals surface area contributed by atoms with Gasteiger partial charge in [-0.1, -0.05) is 35.8 Å². The molecule has 1 nitrogen and oxygen atoms in total. The molecular weight excluding hydrogens is 325 g/mol. The van der Waals surface area contributed by atoms with E-state index in [4.69, 9.17) is 0 Å². The maximum atomic E-state index is 13.1. The first kappa shape index (κ1) is 17.0. The Morgan fingerprint density at radius 1 is 1.37 bits per heavy atom. The second kappa shape index (κ2) is 7.65. The van der Waals surface area contributed by atoms with Crippen molar-refractivity contribution in [2.75, 3.05) is 12.8 Å². The molecule has 108 valence electrons. The van der Waals surface area contributed by atoms with E-state index in [1.807, 2.05) is 17.8 Å². The summed E-state index contributed by atoms with van der Waals surface area (Å²) in [6.07, 6.45) is 4.47. The number of hydrogen-bond acceptors (Lipinski definition) is 2. The van der Waals surface area contributed by atoms with E-state index in [9.17, 15) is 4.39 Å². The molecule has 0 saturated carbocycles. The van der Waals surface area contributed by atoms with Gasteiger partial charge in [-0.3, -0.25) is 0 Å². The van der Waals surface area contributed by atoms with Gasteiger partial charge in [-0.05, 0) is 43.7 Å². The zero-order chi connectivity index (χ0) is 14.5. The molecule has 1 atom stereocenters. The normalized spacial score (nSPS) is 13.6. The van der Waals surface area contributed by atoms with E-state index in [-0.39, 0.29) is 11.9 Å². The van der Waals surface area contributed by atoms with Crippen LogP contribution in [0.4, 0.5) is 4.39 Å². The van der Waals surface area contributed by atoms with Crippen LogP contribution < -0.4 is 5.32 Å². The molecule has 1 N–H and O–H groups in total. The molecule has 0 amide bonds. The number of benzene rings is 1. The molecule has 4 heteroatoms. The molecule has 1 rings (SSSR count). The largest absolute Gasteiger partial charge is 0.309 e. The van der Waals surface area contributed by atoms with Crippen molar-refractivity contribution >= 4 is 27.7 Å². The maximum absolute atomic E-state index is 13.1.